The minimum Gasteiger partial charge on any atom is -0.389 e. The summed E-state index contributed by atoms with van der Waals surface area (Å²) in [6.07, 6.45) is 0.106. The van der Waals surface area contributed by atoms with Gasteiger partial charge in [0.05, 0.1) is 12.2 Å². The van der Waals surface area contributed by atoms with Crippen LogP contribution in [0.2, 0.25) is 5.28 Å². The van der Waals surface area contributed by atoms with Crippen molar-refractivity contribution < 1.29 is 10.2 Å². The van der Waals surface area contributed by atoms with Gasteiger partial charge in [-0.15, -0.1) is 0 Å². The van der Waals surface area contributed by atoms with Crippen LogP contribution in [0.15, 0.2) is 12.3 Å². The van der Waals surface area contributed by atoms with Crippen LogP contribution in [0.4, 0.5) is 5.82 Å². The summed E-state index contributed by atoms with van der Waals surface area (Å²) in [5.41, 5.74) is 0. The van der Waals surface area contributed by atoms with E-state index in [1.165, 1.54) is 0 Å². The Morgan fingerprint density at radius 1 is 1.36 bits per heavy atom. The zero-order valence-electron chi connectivity index (χ0n) is 7.34. The molecule has 2 unspecified atom stereocenters. The zero-order chi connectivity index (χ0) is 10.1. The number of anilines is 1. The number of hydrogen-bond acceptors (Lipinski definition) is 5. The molecule has 0 spiro atoms. The molecule has 2 N–H and O–H groups in total. The van der Waals surface area contributed by atoms with Crippen molar-refractivity contribution in [1.82, 2.24) is 9.97 Å². The lowest BCUT2D eigenvalue weighted by Gasteiger charge is -2.15. The maximum Gasteiger partial charge on any atom is 0.224 e. The van der Waals surface area contributed by atoms with Crippen LogP contribution in [0, 0.1) is 0 Å². The van der Waals surface area contributed by atoms with Gasteiger partial charge in [-0.2, -0.15) is 0 Å². The lowest BCUT2D eigenvalue weighted by molar-refractivity contribution is 0.0572. The summed E-state index contributed by atoms with van der Waals surface area (Å²) in [5.74, 6) is 0.626. The lowest BCUT2D eigenvalue weighted by atomic mass is 10.3. The van der Waals surface area contributed by atoms with Crippen LogP contribution in [0.5, 0.6) is 0 Å². The van der Waals surface area contributed by atoms with Gasteiger partial charge in [0.25, 0.3) is 0 Å². The van der Waals surface area contributed by atoms with Gasteiger partial charge in [0.1, 0.15) is 5.82 Å². The number of aliphatic hydroxyl groups excluding tert-OH is 2. The Bertz CT molecular complexity index is 326. The fourth-order valence-electron chi connectivity index (χ4n) is 1.46. The fraction of sp³-hybridized carbons (Fsp3) is 0.500. The summed E-state index contributed by atoms with van der Waals surface area (Å²) in [4.78, 5) is 9.50. The summed E-state index contributed by atoms with van der Waals surface area (Å²) in [6, 6.07) is 1.69. The molecule has 1 aromatic heterocycles. The first-order valence-corrected chi connectivity index (χ1v) is 4.64. The highest BCUT2D eigenvalue weighted by Crippen LogP contribution is 2.18. The molecule has 0 radical (unpaired) electrons. The molecule has 1 aliphatic heterocycles. The van der Waals surface area contributed by atoms with E-state index in [0.717, 1.165) is 0 Å². The van der Waals surface area contributed by atoms with Gasteiger partial charge >= 0.3 is 0 Å². The second-order valence-electron chi connectivity index (χ2n) is 3.22. The van der Waals surface area contributed by atoms with Gasteiger partial charge < -0.3 is 15.1 Å². The van der Waals surface area contributed by atoms with Crippen molar-refractivity contribution >= 4 is 17.4 Å². The monoisotopic (exact) mass is 215 g/mol. The SMILES string of the molecule is OC1CN(c2ccnc(Cl)n2)CC1O. The Balaban J connectivity index is 2.17. The maximum atomic E-state index is 9.33. The molecule has 0 amide bonds. The number of aromatic nitrogens is 2. The third-order valence-electron chi connectivity index (χ3n) is 2.19. The van der Waals surface area contributed by atoms with Crippen molar-refractivity contribution in [3.05, 3.63) is 17.5 Å². The van der Waals surface area contributed by atoms with E-state index in [9.17, 15) is 10.2 Å². The molecule has 1 aliphatic rings. The first kappa shape index (κ1) is 9.64. The van der Waals surface area contributed by atoms with Crippen LogP contribution in [0.3, 0.4) is 0 Å². The van der Waals surface area contributed by atoms with Crippen LogP contribution in [-0.4, -0.2) is 45.5 Å². The summed E-state index contributed by atoms with van der Waals surface area (Å²) in [7, 11) is 0. The molecule has 0 aromatic carbocycles. The van der Waals surface area contributed by atoms with E-state index in [1.807, 2.05) is 0 Å². The van der Waals surface area contributed by atoms with Crippen molar-refractivity contribution in [1.29, 1.82) is 0 Å². The highest BCUT2D eigenvalue weighted by Gasteiger charge is 2.30. The largest absolute Gasteiger partial charge is 0.389 e. The summed E-state index contributed by atoms with van der Waals surface area (Å²) >= 11 is 5.62. The van der Waals surface area contributed by atoms with E-state index in [1.54, 1.807) is 17.2 Å². The second kappa shape index (κ2) is 3.68. The molecule has 1 saturated heterocycles. The Kier molecular flexibility index (Phi) is 2.54. The first-order valence-electron chi connectivity index (χ1n) is 4.26. The lowest BCUT2D eigenvalue weighted by Crippen LogP contribution is -2.22. The standard InChI is InChI=1S/C8H10ClN3O2/c9-8-10-2-1-7(11-8)12-3-5(13)6(14)4-12/h1-2,5-6,13-14H,3-4H2. The van der Waals surface area contributed by atoms with Crippen LogP contribution < -0.4 is 4.90 Å². The van der Waals surface area contributed by atoms with E-state index >= 15 is 0 Å². The zero-order valence-corrected chi connectivity index (χ0v) is 8.09. The average molecular weight is 216 g/mol. The van der Waals surface area contributed by atoms with Gasteiger partial charge in [0.15, 0.2) is 0 Å². The maximum absolute atomic E-state index is 9.33. The topological polar surface area (TPSA) is 69.5 Å². The first-order chi connectivity index (χ1) is 6.66. The van der Waals surface area contributed by atoms with Crippen molar-refractivity contribution in [2.45, 2.75) is 12.2 Å². The molecule has 2 heterocycles. The molecule has 2 atom stereocenters. The van der Waals surface area contributed by atoms with E-state index in [2.05, 4.69) is 9.97 Å². The Morgan fingerprint density at radius 3 is 2.57 bits per heavy atom. The van der Waals surface area contributed by atoms with Gasteiger partial charge in [-0.05, 0) is 17.7 Å². The van der Waals surface area contributed by atoms with Crippen LogP contribution >= 0.6 is 11.6 Å². The van der Waals surface area contributed by atoms with Crippen molar-refractivity contribution in [2.75, 3.05) is 18.0 Å². The number of halogens is 1. The Labute approximate surface area is 86.0 Å². The molecule has 1 aromatic rings. The summed E-state index contributed by atoms with van der Waals surface area (Å²) in [5, 5.41) is 18.8. The number of hydrogen-bond donors (Lipinski definition) is 2. The molecular weight excluding hydrogens is 206 g/mol. The molecule has 76 valence electrons. The number of β-amino-alcohol motifs (C(OH)–C–C–N with tert-alkyl or cyclic N) is 2. The van der Waals surface area contributed by atoms with E-state index in [4.69, 9.17) is 11.6 Å². The fourth-order valence-corrected chi connectivity index (χ4v) is 1.60. The van der Waals surface area contributed by atoms with E-state index in [0.29, 0.717) is 18.9 Å². The van der Waals surface area contributed by atoms with Crippen molar-refractivity contribution in [3.63, 3.8) is 0 Å². The number of aliphatic hydroxyl groups is 2. The summed E-state index contributed by atoms with van der Waals surface area (Å²) in [6.45, 7) is 0.739. The third kappa shape index (κ3) is 1.79. The minimum absolute atomic E-state index is 0.165. The van der Waals surface area contributed by atoms with Gasteiger partial charge in [0.2, 0.25) is 5.28 Å². The van der Waals surface area contributed by atoms with Crippen LogP contribution in [0.1, 0.15) is 0 Å². The van der Waals surface area contributed by atoms with Gasteiger partial charge in [-0.3, -0.25) is 0 Å². The second-order valence-corrected chi connectivity index (χ2v) is 3.56. The molecule has 1 fully saturated rings. The predicted molar refractivity (Wildman–Crippen MR) is 51.3 cm³/mol. The van der Waals surface area contributed by atoms with Crippen molar-refractivity contribution in [3.8, 4) is 0 Å². The molecule has 14 heavy (non-hydrogen) atoms. The molecular formula is C8H10ClN3O2. The van der Waals surface area contributed by atoms with E-state index < -0.39 is 12.2 Å². The molecule has 0 bridgehead atoms. The number of nitrogens with zero attached hydrogens (tertiary/aromatic N) is 3. The summed E-state index contributed by atoms with van der Waals surface area (Å²) < 4.78 is 0. The average Bonchev–Trinajstić information content (AvgIpc) is 2.47. The molecule has 0 saturated carbocycles. The Hall–Kier alpha value is -0.910. The molecule has 0 aliphatic carbocycles. The smallest absolute Gasteiger partial charge is 0.224 e. The minimum atomic E-state index is -0.719. The van der Waals surface area contributed by atoms with Gasteiger partial charge in [0, 0.05) is 19.3 Å². The quantitative estimate of drug-likeness (QED) is 0.628. The molecule has 5 nitrogen and oxygen atoms in total. The highest BCUT2D eigenvalue weighted by atomic mass is 35.5. The highest BCUT2D eigenvalue weighted by molar-refractivity contribution is 6.28. The third-order valence-corrected chi connectivity index (χ3v) is 2.38. The molecule has 2 rings (SSSR count). The normalized spacial score (nSPS) is 26.9. The number of rotatable bonds is 1. The predicted octanol–water partition coefficient (Wildman–Crippen LogP) is -0.328. The van der Waals surface area contributed by atoms with Crippen LogP contribution in [0.25, 0.3) is 0 Å². The van der Waals surface area contributed by atoms with Gasteiger partial charge in [-0.25, -0.2) is 9.97 Å². The van der Waals surface area contributed by atoms with Gasteiger partial charge in [-0.1, -0.05) is 0 Å². The van der Waals surface area contributed by atoms with Crippen molar-refractivity contribution in [2.24, 2.45) is 0 Å². The van der Waals surface area contributed by atoms with Crippen LogP contribution in [-0.2, 0) is 0 Å². The van der Waals surface area contributed by atoms with E-state index in [-0.39, 0.29) is 5.28 Å². The Morgan fingerprint density at radius 2 is 2.00 bits per heavy atom. The molecule has 6 heteroatoms.